The smallest absolute Gasteiger partial charge is 0.349 e. The van der Waals surface area contributed by atoms with Crippen LogP contribution in [0.15, 0.2) is 17.1 Å². The highest BCUT2D eigenvalue weighted by Gasteiger charge is 2.85. The van der Waals surface area contributed by atoms with Gasteiger partial charge in [0.2, 0.25) is 0 Å². The molecule has 4 rings (SSSR count). The predicted octanol–water partition coefficient (Wildman–Crippen LogP) is -1.01. The molecule has 1 aromatic rings. The fraction of sp³-hybridized carbons (Fsp3) is 0.667. The molecule has 0 saturated heterocycles. The number of nitrogen functional groups attached to an aromatic ring is 1. The van der Waals surface area contributed by atoms with Gasteiger partial charge in [-0.25, -0.2) is 4.79 Å². The standard InChI is InChI=1S/C12H15N3O3/c13-7-1-2-15(11(18)14-7)6-3-5-9-8(6)10(17)12(5,9)4-16/h1-2,5-6,8-10,16-17H,3-4H2,(H2,13,14,18)/t5?,6-,8?,9?,10?,12+/m1/s1. The molecular weight excluding hydrogens is 234 g/mol. The third kappa shape index (κ3) is 0.906. The zero-order valence-corrected chi connectivity index (χ0v) is 9.73. The van der Waals surface area contributed by atoms with Gasteiger partial charge in [-0.15, -0.1) is 0 Å². The molecule has 96 valence electrons. The number of aromatic nitrogens is 2. The Hall–Kier alpha value is -1.40. The lowest BCUT2D eigenvalue weighted by Crippen LogP contribution is -2.52. The van der Waals surface area contributed by atoms with Gasteiger partial charge in [-0.2, -0.15) is 4.98 Å². The zero-order valence-electron chi connectivity index (χ0n) is 9.73. The molecule has 6 atom stereocenters. The topological polar surface area (TPSA) is 101 Å². The van der Waals surface area contributed by atoms with Crippen molar-refractivity contribution in [2.24, 2.45) is 23.2 Å². The lowest BCUT2D eigenvalue weighted by Gasteiger charge is -2.45. The molecule has 4 N–H and O–H groups in total. The quantitative estimate of drug-likeness (QED) is 0.623. The van der Waals surface area contributed by atoms with Gasteiger partial charge in [0.25, 0.3) is 0 Å². The lowest BCUT2D eigenvalue weighted by molar-refractivity contribution is -0.107. The molecule has 3 fully saturated rings. The third-order valence-electron chi connectivity index (χ3n) is 5.39. The van der Waals surface area contributed by atoms with Crippen molar-refractivity contribution in [1.82, 2.24) is 9.55 Å². The van der Waals surface area contributed by atoms with E-state index in [0.29, 0.717) is 11.8 Å². The van der Waals surface area contributed by atoms with Crippen molar-refractivity contribution in [2.45, 2.75) is 18.6 Å². The van der Waals surface area contributed by atoms with Crippen molar-refractivity contribution in [1.29, 1.82) is 0 Å². The number of aliphatic hydroxyl groups excluding tert-OH is 2. The van der Waals surface area contributed by atoms with Crippen LogP contribution in [-0.2, 0) is 0 Å². The molecule has 3 saturated carbocycles. The second-order valence-corrected chi connectivity index (χ2v) is 5.77. The Kier molecular flexibility index (Phi) is 1.72. The fourth-order valence-electron chi connectivity index (χ4n) is 4.58. The summed E-state index contributed by atoms with van der Waals surface area (Å²) < 4.78 is 1.58. The minimum atomic E-state index is -0.485. The van der Waals surface area contributed by atoms with Crippen LogP contribution in [0, 0.1) is 23.2 Å². The Labute approximate surface area is 103 Å². The van der Waals surface area contributed by atoms with Crippen LogP contribution < -0.4 is 11.4 Å². The molecule has 0 aromatic carbocycles. The summed E-state index contributed by atoms with van der Waals surface area (Å²) in [5.74, 6) is 1.05. The molecule has 6 heteroatoms. The minimum absolute atomic E-state index is 0.00373. The Morgan fingerprint density at radius 1 is 1.61 bits per heavy atom. The SMILES string of the molecule is Nc1ccn([C@@H]2CC3C4C2C(O)[C@@]34CO)c(=O)n1. The summed E-state index contributed by atoms with van der Waals surface area (Å²) in [5.41, 5.74) is 4.87. The fourth-order valence-corrected chi connectivity index (χ4v) is 4.58. The number of nitrogens with two attached hydrogens (primary N) is 1. The summed E-state index contributed by atoms with van der Waals surface area (Å²) in [6, 6.07) is 1.61. The van der Waals surface area contributed by atoms with E-state index in [2.05, 4.69) is 4.98 Å². The van der Waals surface area contributed by atoms with E-state index >= 15 is 0 Å². The van der Waals surface area contributed by atoms with E-state index < -0.39 is 6.10 Å². The first-order chi connectivity index (χ1) is 8.61. The van der Waals surface area contributed by atoms with Crippen molar-refractivity contribution in [3.8, 4) is 0 Å². The van der Waals surface area contributed by atoms with Gasteiger partial charge in [-0.05, 0) is 24.3 Å². The summed E-state index contributed by atoms with van der Waals surface area (Å²) in [6.45, 7) is 0.0571. The van der Waals surface area contributed by atoms with Crippen molar-refractivity contribution < 1.29 is 10.2 Å². The summed E-state index contributed by atoms with van der Waals surface area (Å²) in [5, 5.41) is 19.5. The van der Waals surface area contributed by atoms with Gasteiger partial charge < -0.3 is 15.9 Å². The van der Waals surface area contributed by atoms with Gasteiger partial charge >= 0.3 is 5.69 Å². The number of rotatable bonds is 2. The first-order valence-electron chi connectivity index (χ1n) is 6.25. The summed E-state index contributed by atoms with van der Waals surface area (Å²) in [6.07, 6.45) is 2.02. The predicted molar refractivity (Wildman–Crippen MR) is 62.6 cm³/mol. The van der Waals surface area contributed by atoms with E-state index in [4.69, 9.17) is 5.73 Å². The molecule has 4 unspecified atom stereocenters. The number of nitrogens with zero attached hydrogens (tertiary/aromatic N) is 2. The normalized spacial score (nSPS) is 47.6. The Bertz CT molecular complexity index is 571. The highest BCUT2D eigenvalue weighted by atomic mass is 16.3. The maximum absolute atomic E-state index is 11.8. The highest BCUT2D eigenvalue weighted by Crippen LogP contribution is 2.83. The molecule has 0 bridgehead atoms. The van der Waals surface area contributed by atoms with Crippen molar-refractivity contribution in [2.75, 3.05) is 12.3 Å². The molecule has 18 heavy (non-hydrogen) atoms. The summed E-state index contributed by atoms with van der Waals surface area (Å²) in [4.78, 5) is 15.5. The average molecular weight is 249 g/mol. The number of aliphatic hydroxyl groups is 2. The molecule has 6 nitrogen and oxygen atoms in total. The number of hydrogen-bond donors (Lipinski definition) is 3. The lowest BCUT2D eigenvalue weighted by atomic mass is 9.66. The Morgan fingerprint density at radius 2 is 2.39 bits per heavy atom. The van der Waals surface area contributed by atoms with E-state index in [1.165, 1.54) is 0 Å². The van der Waals surface area contributed by atoms with Crippen molar-refractivity contribution >= 4 is 5.82 Å². The molecule has 1 aromatic heterocycles. The maximum atomic E-state index is 11.8. The largest absolute Gasteiger partial charge is 0.396 e. The summed E-state index contributed by atoms with van der Waals surface area (Å²) in [7, 11) is 0. The average Bonchev–Trinajstić information content (AvgIpc) is 2.73. The van der Waals surface area contributed by atoms with Crippen LogP contribution in [0.1, 0.15) is 12.5 Å². The van der Waals surface area contributed by atoms with E-state index in [1.54, 1.807) is 16.8 Å². The van der Waals surface area contributed by atoms with Crippen LogP contribution in [0.5, 0.6) is 0 Å². The molecule has 3 aliphatic rings. The van der Waals surface area contributed by atoms with Crippen molar-refractivity contribution in [3.05, 3.63) is 22.7 Å². The van der Waals surface area contributed by atoms with Crippen LogP contribution in [0.25, 0.3) is 0 Å². The molecule has 0 amide bonds. The van der Waals surface area contributed by atoms with E-state index in [9.17, 15) is 15.0 Å². The first-order valence-corrected chi connectivity index (χ1v) is 6.25. The van der Waals surface area contributed by atoms with Crippen LogP contribution in [-0.4, -0.2) is 32.5 Å². The van der Waals surface area contributed by atoms with Gasteiger partial charge in [0.1, 0.15) is 5.82 Å². The third-order valence-corrected chi connectivity index (χ3v) is 5.39. The Balaban J connectivity index is 1.69. The van der Waals surface area contributed by atoms with E-state index in [1.807, 2.05) is 0 Å². The second-order valence-electron chi connectivity index (χ2n) is 5.77. The first kappa shape index (κ1) is 10.5. The monoisotopic (exact) mass is 249 g/mol. The van der Waals surface area contributed by atoms with Gasteiger partial charge in [-0.1, -0.05) is 0 Å². The molecule has 0 aliphatic heterocycles. The van der Waals surface area contributed by atoms with E-state index in [-0.39, 0.29) is 35.5 Å². The van der Waals surface area contributed by atoms with Gasteiger partial charge in [0, 0.05) is 23.6 Å². The Morgan fingerprint density at radius 3 is 2.94 bits per heavy atom. The number of anilines is 1. The maximum Gasteiger partial charge on any atom is 0.349 e. The zero-order chi connectivity index (χ0) is 12.7. The van der Waals surface area contributed by atoms with Gasteiger partial charge in [0.05, 0.1) is 12.7 Å². The molecular formula is C12H15N3O3. The minimum Gasteiger partial charge on any atom is -0.396 e. The van der Waals surface area contributed by atoms with Crippen LogP contribution >= 0.6 is 0 Å². The molecule has 3 aliphatic carbocycles. The van der Waals surface area contributed by atoms with Crippen molar-refractivity contribution in [3.63, 3.8) is 0 Å². The van der Waals surface area contributed by atoms with Gasteiger partial charge in [-0.3, -0.25) is 4.57 Å². The van der Waals surface area contributed by atoms with E-state index in [0.717, 1.165) is 6.42 Å². The number of hydrogen-bond acceptors (Lipinski definition) is 5. The molecule has 0 radical (unpaired) electrons. The molecule has 1 heterocycles. The second kappa shape index (κ2) is 2.95. The van der Waals surface area contributed by atoms with Crippen LogP contribution in [0.4, 0.5) is 5.82 Å². The number of fused-ring (bicyclic) bond motifs is 1. The van der Waals surface area contributed by atoms with Crippen LogP contribution in [0.3, 0.4) is 0 Å². The van der Waals surface area contributed by atoms with Gasteiger partial charge in [0.15, 0.2) is 0 Å². The summed E-state index contributed by atoms with van der Waals surface area (Å²) >= 11 is 0. The molecule has 0 spiro atoms. The highest BCUT2D eigenvalue weighted by molar-refractivity contribution is 5.33. The van der Waals surface area contributed by atoms with Crippen LogP contribution in [0.2, 0.25) is 0 Å².